The van der Waals surface area contributed by atoms with Crippen LogP contribution < -0.4 is 5.69 Å². The van der Waals surface area contributed by atoms with Crippen molar-refractivity contribution >= 4 is 5.91 Å². The van der Waals surface area contributed by atoms with Crippen LogP contribution >= 0.6 is 0 Å². The largest absolute Gasteiger partial charge is 0.343 e. The SMILES string of the molecule is O=C(CCCc1ccccc1)N1C2CCC1Cn1c(n[nH]c1=O)C2. The highest BCUT2D eigenvalue weighted by molar-refractivity contribution is 5.77. The second-order valence-electron chi connectivity index (χ2n) is 6.78. The number of carbonyl (C=O) groups is 1. The Morgan fingerprint density at radius 1 is 1.21 bits per heavy atom. The summed E-state index contributed by atoms with van der Waals surface area (Å²) >= 11 is 0. The average Bonchev–Trinajstić information content (AvgIpc) is 3.07. The van der Waals surface area contributed by atoms with Crippen LogP contribution in [0.3, 0.4) is 0 Å². The molecule has 1 N–H and O–H groups in total. The number of hydrogen-bond donors (Lipinski definition) is 1. The Bertz CT molecular complexity index is 780. The highest BCUT2D eigenvalue weighted by Crippen LogP contribution is 2.31. The maximum atomic E-state index is 12.8. The van der Waals surface area contributed by atoms with Gasteiger partial charge in [-0.1, -0.05) is 30.3 Å². The number of fused-ring (bicyclic) bond motifs is 3. The molecule has 2 aliphatic heterocycles. The molecule has 1 fully saturated rings. The molecule has 2 unspecified atom stereocenters. The summed E-state index contributed by atoms with van der Waals surface area (Å²) in [5.41, 5.74) is 1.12. The van der Waals surface area contributed by atoms with Crippen LogP contribution in [0.15, 0.2) is 35.1 Å². The molecule has 0 spiro atoms. The third kappa shape index (κ3) is 2.77. The molecule has 24 heavy (non-hydrogen) atoms. The van der Waals surface area contributed by atoms with E-state index in [-0.39, 0.29) is 23.7 Å². The molecule has 3 heterocycles. The molecule has 2 bridgehead atoms. The van der Waals surface area contributed by atoms with Gasteiger partial charge in [0.15, 0.2) is 0 Å². The minimum atomic E-state index is -0.158. The predicted molar refractivity (Wildman–Crippen MR) is 89.6 cm³/mol. The van der Waals surface area contributed by atoms with Gasteiger partial charge in [-0.25, -0.2) is 9.89 Å². The molecule has 1 amide bonds. The first-order valence-corrected chi connectivity index (χ1v) is 8.71. The van der Waals surface area contributed by atoms with E-state index in [4.69, 9.17) is 0 Å². The second-order valence-corrected chi connectivity index (χ2v) is 6.78. The van der Waals surface area contributed by atoms with E-state index in [1.54, 1.807) is 4.57 Å². The van der Waals surface area contributed by atoms with E-state index in [1.807, 2.05) is 23.1 Å². The van der Waals surface area contributed by atoms with E-state index < -0.39 is 0 Å². The molecule has 4 rings (SSSR count). The lowest BCUT2D eigenvalue weighted by Gasteiger charge is -2.28. The van der Waals surface area contributed by atoms with E-state index >= 15 is 0 Å². The zero-order valence-corrected chi connectivity index (χ0v) is 13.6. The molecule has 0 aliphatic carbocycles. The highest BCUT2D eigenvalue weighted by Gasteiger charge is 2.40. The molecule has 0 saturated carbocycles. The number of benzene rings is 1. The summed E-state index contributed by atoms with van der Waals surface area (Å²) in [7, 11) is 0. The van der Waals surface area contributed by atoms with Crippen LogP contribution in [-0.2, 0) is 24.2 Å². The number of amides is 1. The minimum Gasteiger partial charge on any atom is -0.334 e. The van der Waals surface area contributed by atoms with Gasteiger partial charge in [-0.15, -0.1) is 0 Å². The number of carbonyl (C=O) groups excluding carboxylic acids is 1. The molecule has 1 aromatic heterocycles. The van der Waals surface area contributed by atoms with Crippen LogP contribution in [0.25, 0.3) is 0 Å². The molecule has 6 nitrogen and oxygen atoms in total. The molecular formula is C18H22N4O2. The van der Waals surface area contributed by atoms with Crippen molar-refractivity contribution < 1.29 is 4.79 Å². The molecule has 0 radical (unpaired) electrons. The zero-order chi connectivity index (χ0) is 16.5. The first kappa shape index (κ1) is 15.2. The second kappa shape index (κ2) is 6.26. The van der Waals surface area contributed by atoms with E-state index in [2.05, 4.69) is 22.3 Å². The van der Waals surface area contributed by atoms with Crippen LogP contribution in [0, 0.1) is 0 Å². The maximum absolute atomic E-state index is 12.8. The van der Waals surface area contributed by atoms with Gasteiger partial charge in [-0.2, -0.15) is 5.10 Å². The molecule has 1 saturated heterocycles. The number of nitrogens with zero attached hydrogens (tertiary/aromatic N) is 3. The lowest BCUT2D eigenvalue weighted by atomic mass is 10.1. The van der Waals surface area contributed by atoms with Crippen LogP contribution in [0.4, 0.5) is 0 Å². The van der Waals surface area contributed by atoms with E-state index in [0.717, 1.165) is 31.5 Å². The standard InChI is InChI=1S/C18H22N4O2/c23-17(8-4-7-13-5-2-1-3-6-13)22-14-9-10-15(22)12-21-16(11-14)19-20-18(21)24/h1-3,5-6,14-15H,4,7-12H2,(H,20,24). The Balaban J connectivity index is 1.41. The van der Waals surface area contributed by atoms with Crippen LogP contribution in [-0.4, -0.2) is 37.7 Å². The van der Waals surface area contributed by atoms with E-state index in [9.17, 15) is 9.59 Å². The fraction of sp³-hybridized carbons (Fsp3) is 0.500. The summed E-state index contributed by atoms with van der Waals surface area (Å²) < 4.78 is 1.70. The van der Waals surface area contributed by atoms with Crippen molar-refractivity contribution in [2.45, 2.75) is 57.2 Å². The first-order valence-electron chi connectivity index (χ1n) is 8.71. The molecule has 2 aliphatic rings. The fourth-order valence-corrected chi connectivity index (χ4v) is 4.08. The topological polar surface area (TPSA) is 71.0 Å². The Hall–Kier alpha value is -2.37. The van der Waals surface area contributed by atoms with E-state index in [0.29, 0.717) is 19.4 Å². The number of aryl methyl sites for hydroxylation is 1. The molecular weight excluding hydrogens is 304 g/mol. The van der Waals surface area contributed by atoms with Gasteiger partial charge in [0.05, 0.1) is 6.04 Å². The summed E-state index contributed by atoms with van der Waals surface area (Å²) in [5, 5.41) is 6.64. The Morgan fingerprint density at radius 3 is 2.83 bits per heavy atom. The van der Waals surface area contributed by atoms with Gasteiger partial charge in [0.25, 0.3) is 0 Å². The molecule has 1 aromatic carbocycles. The first-order chi connectivity index (χ1) is 11.7. The van der Waals surface area contributed by atoms with Crippen molar-refractivity contribution in [3.8, 4) is 0 Å². The number of rotatable bonds is 4. The highest BCUT2D eigenvalue weighted by atomic mass is 16.2. The van der Waals surface area contributed by atoms with Crippen LogP contribution in [0.1, 0.15) is 37.1 Å². The maximum Gasteiger partial charge on any atom is 0.343 e. The van der Waals surface area contributed by atoms with Gasteiger partial charge >= 0.3 is 5.69 Å². The average molecular weight is 326 g/mol. The Morgan fingerprint density at radius 2 is 2.00 bits per heavy atom. The number of aromatic nitrogens is 3. The summed E-state index contributed by atoms with van der Waals surface area (Å²) in [6.45, 7) is 0.575. The number of nitrogens with one attached hydrogen (secondary N) is 1. The third-order valence-corrected chi connectivity index (χ3v) is 5.26. The molecule has 2 aromatic rings. The van der Waals surface area contributed by atoms with Gasteiger partial charge in [-0.3, -0.25) is 9.36 Å². The fourth-order valence-electron chi connectivity index (χ4n) is 4.08. The van der Waals surface area contributed by atoms with E-state index in [1.165, 1.54) is 5.56 Å². The van der Waals surface area contributed by atoms with Crippen molar-refractivity contribution in [2.24, 2.45) is 0 Å². The van der Waals surface area contributed by atoms with Crippen molar-refractivity contribution in [3.63, 3.8) is 0 Å². The quantitative estimate of drug-likeness (QED) is 0.926. The van der Waals surface area contributed by atoms with Crippen LogP contribution in [0.5, 0.6) is 0 Å². The zero-order valence-electron chi connectivity index (χ0n) is 13.6. The smallest absolute Gasteiger partial charge is 0.334 e. The molecule has 2 atom stereocenters. The summed E-state index contributed by atoms with van der Waals surface area (Å²) in [4.78, 5) is 26.7. The van der Waals surface area contributed by atoms with Gasteiger partial charge in [0, 0.05) is 25.4 Å². The monoisotopic (exact) mass is 326 g/mol. The van der Waals surface area contributed by atoms with Gasteiger partial charge < -0.3 is 4.90 Å². The van der Waals surface area contributed by atoms with Crippen molar-refractivity contribution in [3.05, 3.63) is 52.2 Å². The number of aromatic amines is 1. The van der Waals surface area contributed by atoms with Gasteiger partial charge in [-0.05, 0) is 31.2 Å². The van der Waals surface area contributed by atoms with Crippen LogP contribution in [0.2, 0.25) is 0 Å². The normalized spacial score (nSPS) is 22.2. The lowest BCUT2D eigenvalue weighted by Crippen LogP contribution is -2.42. The summed E-state index contributed by atoms with van der Waals surface area (Å²) in [6, 6.07) is 10.6. The van der Waals surface area contributed by atoms with Gasteiger partial charge in [0.1, 0.15) is 5.82 Å². The summed E-state index contributed by atoms with van der Waals surface area (Å²) in [5.74, 6) is 1.01. The minimum absolute atomic E-state index is 0.135. The number of hydrogen-bond acceptors (Lipinski definition) is 3. The Kier molecular flexibility index (Phi) is 3.96. The third-order valence-electron chi connectivity index (χ3n) is 5.26. The predicted octanol–water partition coefficient (Wildman–Crippen LogP) is 1.51. The van der Waals surface area contributed by atoms with Crippen molar-refractivity contribution in [2.75, 3.05) is 0 Å². The van der Waals surface area contributed by atoms with Gasteiger partial charge in [0.2, 0.25) is 5.91 Å². The lowest BCUT2D eigenvalue weighted by molar-refractivity contribution is -0.134. The molecule has 6 heteroatoms. The Labute approximate surface area is 140 Å². The van der Waals surface area contributed by atoms with Crippen molar-refractivity contribution in [1.29, 1.82) is 0 Å². The molecule has 126 valence electrons. The summed E-state index contributed by atoms with van der Waals surface area (Å²) in [6.07, 6.45) is 5.03. The van der Waals surface area contributed by atoms with Crippen molar-refractivity contribution in [1.82, 2.24) is 19.7 Å². The number of H-pyrrole nitrogens is 1.